The van der Waals surface area contributed by atoms with Crippen molar-refractivity contribution in [2.75, 3.05) is 20.8 Å². The molecule has 1 heterocycles. The van der Waals surface area contributed by atoms with Gasteiger partial charge in [-0.15, -0.1) is 0 Å². The molecule has 43 heavy (non-hydrogen) atoms. The van der Waals surface area contributed by atoms with Crippen molar-refractivity contribution in [3.8, 4) is 40.6 Å². The number of ether oxygens (including phenoxy) is 6. The van der Waals surface area contributed by atoms with Gasteiger partial charge < -0.3 is 34.2 Å². The summed E-state index contributed by atoms with van der Waals surface area (Å²) in [5.74, 6) is 0.707. The Balaban J connectivity index is 1.35. The number of fused-ring (bicyclic) bond motifs is 1. The van der Waals surface area contributed by atoms with E-state index in [-0.39, 0.29) is 36.2 Å². The van der Waals surface area contributed by atoms with Crippen molar-refractivity contribution in [3.63, 3.8) is 0 Å². The highest BCUT2D eigenvalue weighted by molar-refractivity contribution is 5.74. The largest absolute Gasteiger partial charge is 0.493 e. The summed E-state index contributed by atoms with van der Waals surface area (Å²) < 4.78 is 46.7. The lowest BCUT2D eigenvalue weighted by Crippen LogP contribution is -2.22. The highest BCUT2D eigenvalue weighted by atomic mass is 19.1. The average molecular weight is 583 g/mol. The fourth-order valence-corrected chi connectivity index (χ4v) is 4.60. The molecule has 4 aromatic carbocycles. The molecule has 1 aliphatic rings. The number of hydrogen-bond acceptors (Lipinski definition) is 9. The third-order valence-corrected chi connectivity index (χ3v) is 6.67. The van der Waals surface area contributed by atoms with Gasteiger partial charge in [-0.1, -0.05) is 36.4 Å². The number of allylic oxidation sites excluding steroid dienone is 1. The van der Waals surface area contributed by atoms with Gasteiger partial charge in [0, 0.05) is 11.6 Å². The summed E-state index contributed by atoms with van der Waals surface area (Å²) in [6.07, 6.45) is 0. The van der Waals surface area contributed by atoms with Crippen LogP contribution in [0.1, 0.15) is 22.6 Å². The molecule has 4 aromatic rings. The summed E-state index contributed by atoms with van der Waals surface area (Å²) in [4.78, 5) is 12.5. The highest BCUT2D eigenvalue weighted by Gasteiger charge is 2.32. The maximum absolute atomic E-state index is 13.2. The molecule has 10 heteroatoms. The van der Waals surface area contributed by atoms with Gasteiger partial charge in [-0.2, -0.15) is 5.26 Å². The van der Waals surface area contributed by atoms with E-state index in [4.69, 9.17) is 34.2 Å². The molecule has 0 spiro atoms. The van der Waals surface area contributed by atoms with E-state index >= 15 is 0 Å². The van der Waals surface area contributed by atoms with Crippen LogP contribution in [0.25, 0.3) is 0 Å². The molecule has 0 bridgehead atoms. The predicted octanol–water partition coefficient (Wildman–Crippen LogP) is 5.62. The summed E-state index contributed by atoms with van der Waals surface area (Å²) in [6.45, 7) is -0.144. The number of benzene rings is 4. The number of nitriles is 1. The van der Waals surface area contributed by atoms with Crippen molar-refractivity contribution >= 4 is 5.97 Å². The van der Waals surface area contributed by atoms with Crippen molar-refractivity contribution in [1.29, 1.82) is 5.26 Å². The fraction of sp³-hybridized carbons (Fsp3) is 0.152. The van der Waals surface area contributed by atoms with Gasteiger partial charge in [-0.25, -0.2) is 9.18 Å². The van der Waals surface area contributed by atoms with E-state index in [1.54, 1.807) is 66.7 Å². The van der Waals surface area contributed by atoms with E-state index < -0.39 is 11.9 Å². The maximum Gasteiger partial charge on any atom is 0.349 e. The number of rotatable bonds is 10. The number of para-hydroxylation sites is 2. The summed E-state index contributed by atoms with van der Waals surface area (Å²) in [6, 6.07) is 25.2. The maximum atomic E-state index is 13.2. The number of hydrogen-bond donors (Lipinski definition) is 1. The van der Waals surface area contributed by atoms with Gasteiger partial charge in [0.15, 0.2) is 29.6 Å². The number of nitrogens with two attached hydrogens (primary N) is 1. The first-order valence-corrected chi connectivity index (χ1v) is 13.1. The minimum absolute atomic E-state index is 0.0708. The van der Waals surface area contributed by atoms with E-state index in [1.807, 2.05) is 0 Å². The Morgan fingerprint density at radius 3 is 2.35 bits per heavy atom. The number of methoxy groups -OCH3 is 2. The number of halogens is 1. The molecular weight excluding hydrogens is 555 g/mol. The van der Waals surface area contributed by atoms with Gasteiger partial charge in [0.25, 0.3) is 0 Å². The second kappa shape index (κ2) is 12.9. The third kappa shape index (κ3) is 6.47. The second-order valence-electron chi connectivity index (χ2n) is 9.36. The van der Waals surface area contributed by atoms with Crippen LogP contribution in [-0.4, -0.2) is 26.8 Å². The lowest BCUT2D eigenvalue weighted by molar-refractivity contribution is -0.136. The molecule has 0 amide bonds. The Bertz CT molecular complexity index is 1710. The molecule has 0 aliphatic carbocycles. The van der Waals surface area contributed by atoms with E-state index in [9.17, 15) is 14.4 Å². The highest BCUT2D eigenvalue weighted by Crippen LogP contribution is 2.45. The lowest BCUT2D eigenvalue weighted by Gasteiger charge is -2.27. The van der Waals surface area contributed by atoms with Crippen molar-refractivity contribution in [1.82, 2.24) is 0 Å². The van der Waals surface area contributed by atoms with Crippen LogP contribution in [0.2, 0.25) is 0 Å². The zero-order valence-corrected chi connectivity index (χ0v) is 23.3. The number of carbonyl (C=O) groups excluding carboxylic acids is 1. The molecule has 218 valence electrons. The molecular formula is C33H27FN2O7. The Labute approximate surface area is 247 Å². The quantitative estimate of drug-likeness (QED) is 0.187. The number of nitrogens with zero attached hydrogens (tertiary/aromatic N) is 1. The van der Waals surface area contributed by atoms with Gasteiger partial charge in [0.05, 0.1) is 20.1 Å². The molecule has 0 aromatic heterocycles. The Kier molecular flexibility index (Phi) is 8.63. The van der Waals surface area contributed by atoms with Crippen LogP contribution in [0.5, 0.6) is 34.5 Å². The van der Waals surface area contributed by atoms with Crippen LogP contribution in [0.15, 0.2) is 96.4 Å². The monoisotopic (exact) mass is 582 g/mol. The molecule has 2 N–H and O–H groups in total. The van der Waals surface area contributed by atoms with Gasteiger partial charge in [0.1, 0.15) is 35.6 Å². The Morgan fingerprint density at radius 1 is 0.907 bits per heavy atom. The first kappa shape index (κ1) is 28.8. The van der Waals surface area contributed by atoms with Crippen LogP contribution >= 0.6 is 0 Å². The van der Waals surface area contributed by atoms with Crippen LogP contribution in [0.4, 0.5) is 4.39 Å². The van der Waals surface area contributed by atoms with E-state index in [0.717, 1.165) is 5.56 Å². The van der Waals surface area contributed by atoms with E-state index in [0.29, 0.717) is 39.9 Å². The second-order valence-corrected chi connectivity index (χ2v) is 9.36. The molecule has 1 aliphatic heterocycles. The topological polar surface area (TPSA) is 122 Å². The lowest BCUT2D eigenvalue weighted by atomic mass is 9.83. The minimum Gasteiger partial charge on any atom is -0.493 e. The molecule has 0 saturated carbocycles. The molecule has 1 unspecified atom stereocenters. The standard InChI is InChI=1S/C33H27FN2O7/c1-38-26-5-3-4-6-27(26)41-19-31(37)42-23-12-13-24-29(16-23)43-33(36)25(17-35)32(24)21-9-14-28(30(15-21)39-2)40-18-20-7-10-22(34)11-8-20/h3-16,32H,18-19,36H2,1-2H3. The predicted molar refractivity (Wildman–Crippen MR) is 154 cm³/mol. The van der Waals surface area contributed by atoms with Crippen molar-refractivity contribution in [2.45, 2.75) is 12.5 Å². The molecule has 5 rings (SSSR count). The van der Waals surface area contributed by atoms with Gasteiger partial charge >= 0.3 is 5.97 Å². The molecule has 1 atom stereocenters. The van der Waals surface area contributed by atoms with E-state index in [1.165, 1.54) is 32.4 Å². The van der Waals surface area contributed by atoms with Crippen LogP contribution in [0.3, 0.4) is 0 Å². The summed E-state index contributed by atoms with van der Waals surface area (Å²) in [5.41, 5.74) is 8.50. The van der Waals surface area contributed by atoms with Crippen molar-refractivity contribution in [2.24, 2.45) is 5.73 Å². The summed E-state index contributed by atoms with van der Waals surface area (Å²) >= 11 is 0. The molecule has 0 saturated heterocycles. The smallest absolute Gasteiger partial charge is 0.349 e. The summed E-state index contributed by atoms with van der Waals surface area (Å²) in [7, 11) is 3.02. The van der Waals surface area contributed by atoms with Crippen LogP contribution < -0.4 is 34.2 Å². The van der Waals surface area contributed by atoms with E-state index in [2.05, 4.69) is 6.07 Å². The Hall–Kier alpha value is -5.69. The van der Waals surface area contributed by atoms with Crippen LogP contribution in [0, 0.1) is 17.1 Å². The summed E-state index contributed by atoms with van der Waals surface area (Å²) in [5, 5.41) is 9.95. The number of carbonyl (C=O) groups is 1. The zero-order chi connectivity index (χ0) is 30.3. The van der Waals surface area contributed by atoms with Gasteiger partial charge in [0.2, 0.25) is 5.88 Å². The number of esters is 1. The normalized spacial score (nSPS) is 13.7. The van der Waals surface area contributed by atoms with Crippen molar-refractivity contribution < 1.29 is 37.6 Å². The molecule has 0 radical (unpaired) electrons. The third-order valence-electron chi connectivity index (χ3n) is 6.67. The average Bonchev–Trinajstić information content (AvgIpc) is 3.02. The Morgan fingerprint density at radius 2 is 1.63 bits per heavy atom. The van der Waals surface area contributed by atoms with Gasteiger partial charge in [-0.05, 0) is 53.6 Å². The zero-order valence-electron chi connectivity index (χ0n) is 23.3. The van der Waals surface area contributed by atoms with Gasteiger partial charge in [-0.3, -0.25) is 0 Å². The van der Waals surface area contributed by atoms with Crippen molar-refractivity contribution in [3.05, 3.63) is 119 Å². The molecule has 9 nitrogen and oxygen atoms in total. The minimum atomic E-state index is -0.639. The molecule has 0 fully saturated rings. The first-order valence-electron chi connectivity index (χ1n) is 13.1. The van der Waals surface area contributed by atoms with Crippen LogP contribution in [-0.2, 0) is 11.4 Å². The first-order chi connectivity index (χ1) is 20.9. The fourth-order valence-electron chi connectivity index (χ4n) is 4.60. The SMILES string of the molecule is COc1ccccc1OCC(=O)Oc1ccc2c(c1)OC(N)=C(C#N)C2c1ccc(OCc2ccc(F)cc2)c(OC)c1.